The molecule has 0 radical (unpaired) electrons. The summed E-state index contributed by atoms with van der Waals surface area (Å²) >= 11 is 1.53. The highest BCUT2D eigenvalue weighted by Gasteiger charge is 2.34. The fourth-order valence-electron chi connectivity index (χ4n) is 4.27. The van der Waals surface area contributed by atoms with Crippen LogP contribution in [0.2, 0.25) is 0 Å². The summed E-state index contributed by atoms with van der Waals surface area (Å²) in [6.07, 6.45) is 6.62. The van der Waals surface area contributed by atoms with Crippen molar-refractivity contribution >= 4 is 35.0 Å². The highest BCUT2D eigenvalue weighted by atomic mass is 32.2. The molecule has 2 aromatic carbocycles. The smallest absolute Gasteiger partial charge is 0.238 e. The summed E-state index contributed by atoms with van der Waals surface area (Å²) in [5.41, 5.74) is 2.85. The number of benzene rings is 2. The molecule has 1 saturated carbocycles. The lowest BCUT2D eigenvalue weighted by atomic mass is 10.0. The summed E-state index contributed by atoms with van der Waals surface area (Å²) in [6, 6.07) is 12.5. The van der Waals surface area contributed by atoms with E-state index in [-0.39, 0.29) is 23.0 Å². The molecule has 6 heteroatoms. The average Bonchev–Trinajstić information content (AvgIpc) is 3.39. The van der Waals surface area contributed by atoms with Crippen LogP contribution in [0, 0.1) is 18.7 Å². The molecule has 1 N–H and O–H groups in total. The van der Waals surface area contributed by atoms with Crippen LogP contribution in [0.1, 0.15) is 55.0 Å². The molecule has 158 valence electrons. The van der Waals surface area contributed by atoms with E-state index < -0.39 is 0 Å². The zero-order valence-corrected chi connectivity index (χ0v) is 18.0. The van der Waals surface area contributed by atoms with Gasteiger partial charge in [-0.25, -0.2) is 4.39 Å². The van der Waals surface area contributed by atoms with Gasteiger partial charge in [0.1, 0.15) is 11.2 Å². The molecule has 0 spiro atoms. The van der Waals surface area contributed by atoms with Crippen LogP contribution >= 0.6 is 11.8 Å². The molecule has 2 aliphatic rings. The third kappa shape index (κ3) is 4.69. The first-order valence-electron chi connectivity index (χ1n) is 10.6. The van der Waals surface area contributed by atoms with Crippen LogP contribution < -0.4 is 10.2 Å². The Hall–Kier alpha value is -2.34. The van der Waals surface area contributed by atoms with Crippen LogP contribution in [-0.4, -0.2) is 17.6 Å². The molecule has 2 fully saturated rings. The van der Waals surface area contributed by atoms with Gasteiger partial charge in [-0.1, -0.05) is 43.9 Å². The number of hydrogen-bond acceptors (Lipinski definition) is 3. The van der Waals surface area contributed by atoms with E-state index in [9.17, 15) is 14.0 Å². The number of thioether (sulfide) groups is 1. The Kier molecular flexibility index (Phi) is 6.42. The van der Waals surface area contributed by atoms with Crippen molar-refractivity contribution in [2.75, 3.05) is 16.0 Å². The van der Waals surface area contributed by atoms with Gasteiger partial charge in [-0.2, -0.15) is 0 Å². The molecule has 4 rings (SSSR count). The van der Waals surface area contributed by atoms with E-state index in [1.807, 2.05) is 24.3 Å². The van der Waals surface area contributed by atoms with Gasteiger partial charge in [0, 0.05) is 17.8 Å². The van der Waals surface area contributed by atoms with E-state index in [4.69, 9.17) is 0 Å². The number of carbonyl (C=O) groups excluding carboxylic acids is 2. The molecular weight excluding hydrogens is 399 g/mol. The first-order valence-corrected chi connectivity index (χ1v) is 11.7. The Morgan fingerprint density at radius 2 is 1.90 bits per heavy atom. The third-order valence-corrected chi connectivity index (χ3v) is 7.25. The standard InChI is InChI=1S/C24H27FN2O2S/c1-16-6-12-20(14-21(16)25)27-23(29)15-30-24(27)18-8-10-19(11-9-18)26-22(28)13-7-17-4-2-3-5-17/h6,8-12,14,17,24H,2-5,7,13,15H2,1H3,(H,26,28). The number of aryl methyl sites for hydroxylation is 1. The zero-order valence-electron chi connectivity index (χ0n) is 17.2. The van der Waals surface area contributed by atoms with Gasteiger partial charge >= 0.3 is 0 Å². The Morgan fingerprint density at radius 3 is 2.60 bits per heavy atom. The lowest BCUT2D eigenvalue weighted by Crippen LogP contribution is -2.28. The fourth-order valence-corrected chi connectivity index (χ4v) is 5.45. The second kappa shape index (κ2) is 9.21. The molecule has 0 aromatic heterocycles. The van der Waals surface area contributed by atoms with E-state index in [2.05, 4.69) is 5.32 Å². The fraction of sp³-hybridized carbons (Fsp3) is 0.417. The summed E-state index contributed by atoms with van der Waals surface area (Å²) in [5, 5.41) is 2.77. The second-order valence-corrected chi connectivity index (χ2v) is 9.29. The van der Waals surface area contributed by atoms with Crippen LogP contribution in [0.3, 0.4) is 0 Å². The molecule has 1 saturated heterocycles. The van der Waals surface area contributed by atoms with Gasteiger partial charge in [0.25, 0.3) is 0 Å². The van der Waals surface area contributed by atoms with E-state index in [1.54, 1.807) is 24.0 Å². The molecule has 1 aliphatic heterocycles. The van der Waals surface area contributed by atoms with Gasteiger partial charge < -0.3 is 5.32 Å². The van der Waals surface area contributed by atoms with Gasteiger partial charge in [0.15, 0.2) is 0 Å². The van der Waals surface area contributed by atoms with Crippen LogP contribution in [0.15, 0.2) is 42.5 Å². The Labute approximate surface area is 181 Å². The summed E-state index contributed by atoms with van der Waals surface area (Å²) in [6.45, 7) is 1.71. The molecule has 1 unspecified atom stereocenters. The minimum atomic E-state index is -0.313. The maximum Gasteiger partial charge on any atom is 0.238 e. The minimum Gasteiger partial charge on any atom is -0.326 e. The summed E-state index contributed by atoms with van der Waals surface area (Å²) in [7, 11) is 0. The number of nitrogens with zero attached hydrogens (tertiary/aromatic N) is 1. The normalized spacial score (nSPS) is 19.5. The number of carbonyl (C=O) groups is 2. The number of hydrogen-bond donors (Lipinski definition) is 1. The van der Waals surface area contributed by atoms with Crippen molar-refractivity contribution in [1.82, 2.24) is 0 Å². The van der Waals surface area contributed by atoms with E-state index in [1.165, 1.54) is 43.5 Å². The largest absolute Gasteiger partial charge is 0.326 e. The molecule has 1 aliphatic carbocycles. The Balaban J connectivity index is 1.41. The highest BCUT2D eigenvalue weighted by molar-refractivity contribution is 8.00. The first kappa shape index (κ1) is 20.9. The van der Waals surface area contributed by atoms with Crippen LogP contribution in [-0.2, 0) is 9.59 Å². The van der Waals surface area contributed by atoms with Crippen molar-refractivity contribution in [2.45, 2.75) is 50.8 Å². The number of anilines is 2. The van der Waals surface area contributed by atoms with Gasteiger partial charge in [-0.05, 0) is 54.7 Å². The predicted octanol–water partition coefficient (Wildman–Crippen LogP) is 5.82. The number of rotatable bonds is 6. The Morgan fingerprint density at radius 1 is 1.17 bits per heavy atom. The molecule has 4 nitrogen and oxygen atoms in total. The van der Waals surface area contributed by atoms with Crippen molar-refractivity contribution in [3.05, 3.63) is 59.4 Å². The number of nitrogens with one attached hydrogen (secondary N) is 1. The molecule has 2 aromatic rings. The van der Waals surface area contributed by atoms with Gasteiger partial charge in [0.05, 0.1) is 5.75 Å². The Bertz CT molecular complexity index is 925. The van der Waals surface area contributed by atoms with Crippen molar-refractivity contribution in [3.63, 3.8) is 0 Å². The highest BCUT2D eigenvalue weighted by Crippen LogP contribution is 2.42. The van der Waals surface area contributed by atoms with Crippen molar-refractivity contribution in [2.24, 2.45) is 5.92 Å². The average molecular weight is 427 g/mol. The van der Waals surface area contributed by atoms with Crippen molar-refractivity contribution in [3.8, 4) is 0 Å². The van der Waals surface area contributed by atoms with Crippen molar-refractivity contribution in [1.29, 1.82) is 0 Å². The monoisotopic (exact) mass is 426 g/mol. The molecule has 0 bridgehead atoms. The molecule has 1 heterocycles. The molecule has 30 heavy (non-hydrogen) atoms. The number of halogens is 1. The summed E-state index contributed by atoms with van der Waals surface area (Å²) in [5.74, 6) is 0.772. The van der Waals surface area contributed by atoms with E-state index >= 15 is 0 Å². The topological polar surface area (TPSA) is 49.4 Å². The first-order chi connectivity index (χ1) is 14.5. The van der Waals surface area contributed by atoms with Crippen LogP contribution in [0.25, 0.3) is 0 Å². The zero-order chi connectivity index (χ0) is 21.1. The quantitative estimate of drug-likeness (QED) is 0.633. The minimum absolute atomic E-state index is 0.0301. The van der Waals surface area contributed by atoms with Gasteiger partial charge in [-0.15, -0.1) is 11.8 Å². The summed E-state index contributed by atoms with van der Waals surface area (Å²) in [4.78, 5) is 26.4. The SMILES string of the molecule is Cc1ccc(N2C(=O)CSC2c2ccc(NC(=O)CCC3CCCC3)cc2)cc1F. The second-order valence-electron chi connectivity index (χ2n) is 8.22. The molecule has 2 amide bonds. The number of amides is 2. The van der Waals surface area contributed by atoms with Gasteiger partial charge in [0.2, 0.25) is 11.8 Å². The molecule has 1 atom stereocenters. The van der Waals surface area contributed by atoms with Gasteiger partial charge in [-0.3, -0.25) is 14.5 Å². The van der Waals surface area contributed by atoms with E-state index in [0.29, 0.717) is 29.3 Å². The maximum absolute atomic E-state index is 14.0. The maximum atomic E-state index is 14.0. The third-order valence-electron chi connectivity index (χ3n) is 6.04. The van der Waals surface area contributed by atoms with Crippen molar-refractivity contribution < 1.29 is 14.0 Å². The van der Waals surface area contributed by atoms with Crippen LogP contribution in [0.4, 0.5) is 15.8 Å². The van der Waals surface area contributed by atoms with E-state index in [0.717, 1.165) is 17.7 Å². The lowest BCUT2D eigenvalue weighted by molar-refractivity contribution is -0.117. The lowest BCUT2D eigenvalue weighted by Gasteiger charge is -2.25. The molecular formula is C24H27FN2O2S. The summed E-state index contributed by atoms with van der Waals surface area (Å²) < 4.78 is 14.0. The predicted molar refractivity (Wildman–Crippen MR) is 120 cm³/mol. The van der Waals surface area contributed by atoms with Crippen LogP contribution in [0.5, 0.6) is 0 Å².